The molecule has 3 rings (SSSR count). The quantitative estimate of drug-likeness (QED) is 0.835. The molecule has 0 saturated heterocycles. The Morgan fingerprint density at radius 2 is 1.94 bits per heavy atom. The molecule has 3 nitrogen and oxygen atoms in total. The SMILES string of the molecule is Cc1ccc(-c2c(N)noc2C2CC2)cc1. The zero-order chi connectivity index (χ0) is 11.1. The molecule has 16 heavy (non-hydrogen) atoms. The third-order valence-electron chi connectivity index (χ3n) is 3.03. The number of anilines is 1. The number of hydrogen-bond donors (Lipinski definition) is 1. The van der Waals surface area contributed by atoms with Gasteiger partial charge in [0.25, 0.3) is 0 Å². The number of nitrogens with two attached hydrogens (primary N) is 1. The molecule has 0 amide bonds. The monoisotopic (exact) mass is 214 g/mol. The summed E-state index contributed by atoms with van der Waals surface area (Å²) in [5, 5.41) is 3.88. The topological polar surface area (TPSA) is 52.0 Å². The van der Waals surface area contributed by atoms with Crippen molar-refractivity contribution in [3.8, 4) is 11.1 Å². The fourth-order valence-electron chi connectivity index (χ4n) is 1.95. The molecule has 1 saturated carbocycles. The van der Waals surface area contributed by atoms with E-state index in [2.05, 4.69) is 36.3 Å². The first kappa shape index (κ1) is 9.46. The van der Waals surface area contributed by atoms with Crippen LogP contribution in [0.3, 0.4) is 0 Å². The summed E-state index contributed by atoms with van der Waals surface area (Å²) < 4.78 is 5.33. The number of rotatable bonds is 2. The van der Waals surface area contributed by atoms with Crippen LogP contribution >= 0.6 is 0 Å². The van der Waals surface area contributed by atoms with Gasteiger partial charge in [-0.1, -0.05) is 35.0 Å². The Labute approximate surface area is 94.2 Å². The highest BCUT2D eigenvalue weighted by molar-refractivity contribution is 5.76. The summed E-state index contributed by atoms with van der Waals surface area (Å²) >= 11 is 0. The van der Waals surface area contributed by atoms with Gasteiger partial charge in [0.1, 0.15) is 5.76 Å². The second-order valence-electron chi connectivity index (χ2n) is 4.45. The molecule has 82 valence electrons. The summed E-state index contributed by atoms with van der Waals surface area (Å²) in [6, 6.07) is 8.31. The highest BCUT2D eigenvalue weighted by Crippen LogP contribution is 2.46. The van der Waals surface area contributed by atoms with Crippen LogP contribution in [-0.4, -0.2) is 5.16 Å². The van der Waals surface area contributed by atoms with Crippen molar-refractivity contribution in [2.75, 3.05) is 5.73 Å². The van der Waals surface area contributed by atoms with Gasteiger partial charge >= 0.3 is 0 Å². The lowest BCUT2D eigenvalue weighted by Crippen LogP contribution is -1.89. The first-order valence-electron chi connectivity index (χ1n) is 5.58. The lowest BCUT2D eigenvalue weighted by atomic mass is 10.0. The Morgan fingerprint density at radius 3 is 2.56 bits per heavy atom. The normalized spacial score (nSPS) is 15.3. The second kappa shape index (κ2) is 3.37. The number of aromatic nitrogens is 1. The van der Waals surface area contributed by atoms with Crippen molar-refractivity contribution in [2.45, 2.75) is 25.7 Å². The van der Waals surface area contributed by atoms with Crippen LogP contribution < -0.4 is 5.73 Å². The van der Waals surface area contributed by atoms with Gasteiger partial charge in [-0.2, -0.15) is 0 Å². The Kier molecular flexibility index (Phi) is 1.99. The summed E-state index contributed by atoms with van der Waals surface area (Å²) in [6.07, 6.45) is 2.38. The fraction of sp³-hybridized carbons (Fsp3) is 0.308. The van der Waals surface area contributed by atoms with Crippen LogP contribution in [0, 0.1) is 6.92 Å². The number of nitrogen functional groups attached to an aromatic ring is 1. The van der Waals surface area contributed by atoms with E-state index in [9.17, 15) is 0 Å². The van der Waals surface area contributed by atoms with Gasteiger partial charge in [-0.15, -0.1) is 0 Å². The molecule has 1 aliphatic rings. The molecule has 3 heteroatoms. The maximum Gasteiger partial charge on any atom is 0.175 e. The first-order valence-corrected chi connectivity index (χ1v) is 5.58. The summed E-state index contributed by atoms with van der Waals surface area (Å²) in [6.45, 7) is 2.07. The van der Waals surface area contributed by atoms with Crippen LogP contribution in [0.5, 0.6) is 0 Å². The van der Waals surface area contributed by atoms with Crippen molar-refractivity contribution in [1.29, 1.82) is 0 Å². The molecule has 2 aromatic rings. The van der Waals surface area contributed by atoms with Crippen molar-refractivity contribution in [1.82, 2.24) is 5.16 Å². The summed E-state index contributed by atoms with van der Waals surface area (Å²) in [7, 11) is 0. The number of nitrogens with zero attached hydrogens (tertiary/aromatic N) is 1. The van der Waals surface area contributed by atoms with Crippen molar-refractivity contribution in [2.24, 2.45) is 0 Å². The predicted molar refractivity (Wildman–Crippen MR) is 63.1 cm³/mol. The van der Waals surface area contributed by atoms with E-state index >= 15 is 0 Å². The van der Waals surface area contributed by atoms with E-state index in [0.29, 0.717) is 11.7 Å². The van der Waals surface area contributed by atoms with Crippen molar-refractivity contribution in [3.05, 3.63) is 35.6 Å². The highest BCUT2D eigenvalue weighted by atomic mass is 16.5. The first-order chi connectivity index (χ1) is 7.75. The molecule has 0 aliphatic heterocycles. The largest absolute Gasteiger partial charge is 0.380 e. The molecule has 1 aliphatic carbocycles. The molecule has 0 radical (unpaired) electrons. The van der Waals surface area contributed by atoms with Gasteiger partial charge in [0.2, 0.25) is 0 Å². The van der Waals surface area contributed by atoms with Crippen LogP contribution in [0.4, 0.5) is 5.82 Å². The molecule has 1 heterocycles. The summed E-state index contributed by atoms with van der Waals surface area (Å²) in [5.41, 5.74) is 9.21. The molecule has 1 aromatic carbocycles. The van der Waals surface area contributed by atoms with E-state index in [1.54, 1.807) is 0 Å². The molecule has 0 atom stereocenters. The zero-order valence-electron chi connectivity index (χ0n) is 9.23. The van der Waals surface area contributed by atoms with Gasteiger partial charge < -0.3 is 10.3 Å². The molecule has 1 fully saturated rings. The maximum absolute atomic E-state index is 5.87. The van der Waals surface area contributed by atoms with E-state index in [0.717, 1.165) is 16.9 Å². The van der Waals surface area contributed by atoms with Gasteiger partial charge in [-0.3, -0.25) is 0 Å². The van der Waals surface area contributed by atoms with Crippen molar-refractivity contribution < 1.29 is 4.52 Å². The van der Waals surface area contributed by atoms with Crippen LogP contribution in [0.15, 0.2) is 28.8 Å². The molecule has 1 aromatic heterocycles. The number of hydrogen-bond acceptors (Lipinski definition) is 3. The Hall–Kier alpha value is -1.77. The number of benzene rings is 1. The Bertz CT molecular complexity index is 509. The molecular weight excluding hydrogens is 200 g/mol. The zero-order valence-corrected chi connectivity index (χ0v) is 9.23. The third kappa shape index (κ3) is 1.48. The van der Waals surface area contributed by atoms with E-state index in [-0.39, 0.29) is 0 Å². The summed E-state index contributed by atoms with van der Waals surface area (Å²) in [5.74, 6) is 1.99. The van der Waals surface area contributed by atoms with Crippen molar-refractivity contribution in [3.63, 3.8) is 0 Å². The Morgan fingerprint density at radius 1 is 1.25 bits per heavy atom. The molecule has 0 spiro atoms. The lowest BCUT2D eigenvalue weighted by Gasteiger charge is -2.01. The smallest absolute Gasteiger partial charge is 0.175 e. The second-order valence-corrected chi connectivity index (χ2v) is 4.45. The fourth-order valence-corrected chi connectivity index (χ4v) is 1.95. The van der Waals surface area contributed by atoms with E-state index in [4.69, 9.17) is 10.3 Å². The van der Waals surface area contributed by atoms with Gasteiger partial charge in [-0.05, 0) is 25.3 Å². The molecule has 2 N–H and O–H groups in total. The van der Waals surface area contributed by atoms with Crippen LogP contribution in [0.25, 0.3) is 11.1 Å². The van der Waals surface area contributed by atoms with Crippen LogP contribution in [0.1, 0.15) is 30.1 Å². The average molecular weight is 214 g/mol. The van der Waals surface area contributed by atoms with E-state index < -0.39 is 0 Å². The van der Waals surface area contributed by atoms with Gasteiger partial charge in [0.15, 0.2) is 5.82 Å². The predicted octanol–water partition coefficient (Wildman–Crippen LogP) is 3.11. The highest BCUT2D eigenvalue weighted by Gasteiger charge is 2.32. The Balaban J connectivity index is 2.10. The standard InChI is InChI=1S/C13H14N2O/c1-8-2-4-9(5-3-8)11-12(10-6-7-10)16-15-13(11)14/h2-5,10H,6-7H2,1H3,(H2,14,15). The molecule has 0 bridgehead atoms. The molecule has 0 unspecified atom stereocenters. The maximum atomic E-state index is 5.87. The average Bonchev–Trinajstić information content (AvgIpc) is 3.05. The van der Waals surface area contributed by atoms with E-state index in [1.165, 1.54) is 18.4 Å². The minimum atomic E-state index is 0.505. The minimum absolute atomic E-state index is 0.505. The van der Waals surface area contributed by atoms with Gasteiger partial charge in [0, 0.05) is 5.92 Å². The summed E-state index contributed by atoms with van der Waals surface area (Å²) in [4.78, 5) is 0. The minimum Gasteiger partial charge on any atom is -0.380 e. The van der Waals surface area contributed by atoms with Crippen molar-refractivity contribution >= 4 is 5.82 Å². The third-order valence-corrected chi connectivity index (χ3v) is 3.03. The van der Waals surface area contributed by atoms with E-state index in [1.807, 2.05) is 0 Å². The van der Waals surface area contributed by atoms with Gasteiger partial charge in [0.05, 0.1) is 5.56 Å². The van der Waals surface area contributed by atoms with Crippen LogP contribution in [0.2, 0.25) is 0 Å². The molecular formula is C13H14N2O. The van der Waals surface area contributed by atoms with Crippen LogP contribution in [-0.2, 0) is 0 Å². The number of aryl methyl sites for hydroxylation is 1. The lowest BCUT2D eigenvalue weighted by molar-refractivity contribution is 0.387. The van der Waals surface area contributed by atoms with Gasteiger partial charge in [-0.25, -0.2) is 0 Å².